The van der Waals surface area contributed by atoms with E-state index in [0.29, 0.717) is 6.42 Å². The van der Waals surface area contributed by atoms with Gasteiger partial charge in [-0.25, -0.2) is 4.57 Å². The van der Waals surface area contributed by atoms with Crippen molar-refractivity contribution in [3.63, 3.8) is 0 Å². The Morgan fingerprint density at radius 2 is 0.846 bits per heavy atom. The molecule has 0 radical (unpaired) electrons. The van der Waals surface area contributed by atoms with E-state index in [-0.39, 0.29) is 19.4 Å². The van der Waals surface area contributed by atoms with Gasteiger partial charge in [-0.3, -0.25) is 14.1 Å². The first-order chi connectivity index (χ1) is 25.0. The van der Waals surface area contributed by atoms with E-state index in [1.165, 1.54) is 154 Å². The third kappa shape index (κ3) is 40.2. The van der Waals surface area contributed by atoms with E-state index in [0.717, 1.165) is 43.9 Å². The largest absolute Gasteiger partial charge is 0.469 e. The molecule has 52 heavy (non-hydrogen) atoms. The molecular weight excluding hydrogens is 675 g/mol. The lowest BCUT2D eigenvalue weighted by atomic mass is 9.99. The highest BCUT2D eigenvalue weighted by atomic mass is 31.2. The van der Waals surface area contributed by atoms with Gasteiger partial charge in [0.15, 0.2) is 6.10 Å². The van der Waals surface area contributed by atoms with Gasteiger partial charge in [-0.1, -0.05) is 207 Å². The third-order valence-electron chi connectivity index (χ3n) is 10.3. The summed E-state index contributed by atoms with van der Waals surface area (Å²) in [4.78, 5) is 42.9. The first-order valence-corrected chi connectivity index (χ1v) is 23.6. The summed E-state index contributed by atoms with van der Waals surface area (Å²) in [6, 6.07) is 0. The number of rotatable bonds is 40. The van der Waals surface area contributed by atoms with Crippen molar-refractivity contribution in [2.45, 2.75) is 239 Å². The van der Waals surface area contributed by atoms with Gasteiger partial charge in [0, 0.05) is 12.8 Å². The summed E-state index contributed by atoms with van der Waals surface area (Å²) in [5.74, 6) is 0.840. The number of hydrogen-bond donors (Lipinski definition) is 2. The minimum atomic E-state index is -4.75. The fraction of sp³-hybridized carbons (Fsp3) is 0.953. The summed E-state index contributed by atoms with van der Waals surface area (Å²) in [7, 11) is -4.75. The number of esters is 2. The summed E-state index contributed by atoms with van der Waals surface area (Å²) in [5, 5.41) is 0. The summed E-state index contributed by atoms with van der Waals surface area (Å²) in [6.45, 7) is 8.43. The minimum absolute atomic E-state index is 0.219. The molecule has 0 aliphatic carbocycles. The molecule has 310 valence electrons. The Morgan fingerprint density at radius 1 is 0.500 bits per heavy atom. The van der Waals surface area contributed by atoms with Gasteiger partial charge in [-0.2, -0.15) is 0 Å². The van der Waals surface area contributed by atoms with Gasteiger partial charge in [-0.15, -0.1) is 0 Å². The van der Waals surface area contributed by atoms with Crippen LogP contribution in [0, 0.1) is 11.8 Å². The molecular formula is C43H85O8P. The minimum Gasteiger partial charge on any atom is -0.462 e. The van der Waals surface area contributed by atoms with Crippen molar-refractivity contribution >= 4 is 19.8 Å². The summed E-state index contributed by atoms with van der Waals surface area (Å²) >= 11 is 0. The predicted octanol–water partition coefficient (Wildman–Crippen LogP) is 13.3. The highest BCUT2D eigenvalue weighted by Crippen LogP contribution is 2.36. The molecule has 0 bridgehead atoms. The van der Waals surface area contributed by atoms with Crippen molar-refractivity contribution < 1.29 is 37.9 Å². The van der Waals surface area contributed by atoms with Crippen LogP contribution in [0.5, 0.6) is 0 Å². The first-order valence-electron chi connectivity index (χ1n) is 22.1. The molecule has 0 aliphatic rings. The van der Waals surface area contributed by atoms with Gasteiger partial charge in [0.05, 0.1) is 6.61 Å². The van der Waals surface area contributed by atoms with Crippen LogP contribution >= 0.6 is 7.82 Å². The van der Waals surface area contributed by atoms with Gasteiger partial charge in [0.1, 0.15) is 6.61 Å². The van der Waals surface area contributed by atoms with Crippen LogP contribution in [-0.4, -0.2) is 41.0 Å². The Balaban J connectivity index is 3.85. The van der Waals surface area contributed by atoms with Crippen LogP contribution in [-0.2, 0) is 28.2 Å². The Kier molecular flexibility index (Phi) is 36.3. The molecule has 2 N–H and O–H groups in total. The van der Waals surface area contributed by atoms with Gasteiger partial charge >= 0.3 is 19.8 Å². The molecule has 0 aliphatic heterocycles. The summed E-state index contributed by atoms with van der Waals surface area (Å²) < 4.78 is 26.4. The van der Waals surface area contributed by atoms with Gasteiger partial charge in [-0.05, 0) is 24.7 Å². The van der Waals surface area contributed by atoms with E-state index >= 15 is 0 Å². The maximum Gasteiger partial charge on any atom is 0.469 e. The fourth-order valence-electron chi connectivity index (χ4n) is 6.65. The Bertz CT molecular complexity index is 845. The van der Waals surface area contributed by atoms with E-state index in [9.17, 15) is 14.2 Å². The molecule has 0 heterocycles. The molecule has 0 rings (SSSR count). The van der Waals surface area contributed by atoms with Gasteiger partial charge in [0.2, 0.25) is 0 Å². The second-order valence-corrected chi connectivity index (χ2v) is 17.4. The summed E-state index contributed by atoms with van der Waals surface area (Å²) in [5.41, 5.74) is 0. The third-order valence-corrected chi connectivity index (χ3v) is 10.8. The number of carbonyl (C=O) groups excluding carboxylic acids is 2. The molecule has 0 aromatic rings. The molecule has 0 saturated heterocycles. The normalized spacial score (nSPS) is 13.1. The number of ether oxygens (including phenoxy) is 2. The van der Waals surface area contributed by atoms with Gasteiger partial charge in [0.25, 0.3) is 0 Å². The number of phosphoric acid groups is 1. The predicted molar refractivity (Wildman–Crippen MR) is 216 cm³/mol. The number of hydrogen-bond acceptors (Lipinski definition) is 6. The quantitative estimate of drug-likeness (QED) is 0.0360. The van der Waals surface area contributed by atoms with Crippen molar-refractivity contribution in [1.82, 2.24) is 0 Å². The molecule has 0 fully saturated rings. The number of unbranched alkanes of at least 4 members (excludes halogenated alkanes) is 25. The average molecular weight is 761 g/mol. The smallest absolute Gasteiger partial charge is 0.462 e. The highest BCUT2D eigenvalue weighted by Gasteiger charge is 2.23. The van der Waals surface area contributed by atoms with E-state index < -0.39 is 32.5 Å². The molecule has 1 unspecified atom stereocenters. The lowest BCUT2D eigenvalue weighted by molar-refractivity contribution is -0.161. The summed E-state index contributed by atoms with van der Waals surface area (Å²) in [6.07, 6.45) is 36.8. The van der Waals surface area contributed by atoms with Crippen molar-refractivity contribution in [3.05, 3.63) is 0 Å². The number of phosphoric ester groups is 1. The van der Waals surface area contributed by atoms with Crippen molar-refractivity contribution in [3.8, 4) is 0 Å². The monoisotopic (exact) mass is 761 g/mol. The lowest BCUT2D eigenvalue weighted by Crippen LogP contribution is -2.29. The first kappa shape index (κ1) is 51.0. The maximum absolute atomic E-state index is 12.4. The van der Waals surface area contributed by atoms with E-state index in [2.05, 4.69) is 32.2 Å². The topological polar surface area (TPSA) is 119 Å². The lowest BCUT2D eigenvalue weighted by Gasteiger charge is -2.18. The zero-order valence-electron chi connectivity index (χ0n) is 34.6. The molecule has 0 saturated carbocycles. The molecule has 9 heteroatoms. The zero-order valence-corrected chi connectivity index (χ0v) is 35.5. The standard InChI is InChI=1S/C43H85O8P/c1-5-40(4)34-30-26-22-18-14-10-6-7-11-16-20-24-28-32-36-43(45)51-41(38-50-52(46,47)48)37-49-42(44)35-31-27-23-19-15-12-8-9-13-17-21-25-29-33-39(2)3/h39-41H,5-38H2,1-4H3,(H2,46,47,48)/t40?,41-/m1/s1. The SMILES string of the molecule is CCC(C)CCCCCCCCCCCCCCCCC(=O)O[C@H](COC(=O)CCCCCCCCCCCCCCCC(C)C)COP(=O)(O)O. The maximum atomic E-state index is 12.4. The van der Waals surface area contributed by atoms with Crippen molar-refractivity contribution in [2.75, 3.05) is 13.2 Å². The molecule has 0 aromatic carbocycles. The highest BCUT2D eigenvalue weighted by molar-refractivity contribution is 7.46. The van der Waals surface area contributed by atoms with Crippen molar-refractivity contribution in [2.24, 2.45) is 11.8 Å². The Labute approximate surface area is 321 Å². The van der Waals surface area contributed by atoms with Crippen LogP contribution in [0.3, 0.4) is 0 Å². The molecule has 0 spiro atoms. The van der Waals surface area contributed by atoms with E-state index in [1.807, 2.05) is 0 Å². The number of carbonyl (C=O) groups is 2. The van der Waals surface area contributed by atoms with Crippen LogP contribution in [0.25, 0.3) is 0 Å². The average Bonchev–Trinajstić information content (AvgIpc) is 3.10. The molecule has 0 aromatic heterocycles. The van der Waals surface area contributed by atoms with E-state index in [1.54, 1.807) is 0 Å². The fourth-order valence-corrected chi connectivity index (χ4v) is 7.01. The van der Waals surface area contributed by atoms with Crippen LogP contribution < -0.4 is 0 Å². The molecule has 8 nitrogen and oxygen atoms in total. The van der Waals surface area contributed by atoms with Crippen LogP contribution in [0.4, 0.5) is 0 Å². The van der Waals surface area contributed by atoms with E-state index in [4.69, 9.17) is 19.3 Å². The second-order valence-electron chi connectivity index (χ2n) is 16.1. The van der Waals surface area contributed by atoms with Gasteiger partial charge < -0.3 is 19.3 Å². The Morgan fingerprint density at radius 3 is 1.21 bits per heavy atom. The van der Waals surface area contributed by atoms with Crippen LogP contribution in [0.2, 0.25) is 0 Å². The van der Waals surface area contributed by atoms with Crippen LogP contribution in [0.15, 0.2) is 0 Å². The molecule has 2 atom stereocenters. The zero-order chi connectivity index (χ0) is 38.5. The molecule has 0 amide bonds. The second kappa shape index (κ2) is 37.0. The Hall–Kier alpha value is -0.950. The van der Waals surface area contributed by atoms with Crippen molar-refractivity contribution in [1.29, 1.82) is 0 Å². The van der Waals surface area contributed by atoms with Crippen LogP contribution in [0.1, 0.15) is 233 Å².